The second-order valence-electron chi connectivity index (χ2n) is 5.89. The van der Waals surface area contributed by atoms with E-state index in [1.54, 1.807) is 0 Å². The van der Waals surface area contributed by atoms with E-state index in [-0.39, 0.29) is 5.91 Å². The molecule has 1 heterocycles. The van der Waals surface area contributed by atoms with Crippen molar-refractivity contribution >= 4 is 16.8 Å². The highest BCUT2D eigenvalue weighted by Crippen LogP contribution is 2.23. The molecule has 106 valence electrons. The fourth-order valence-corrected chi connectivity index (χ4v) is 2.39. The molecule has 0 atom stereocenters. The van der Waals surface area contributed by atoms with Gasteiger partial charge in [0, 0.05) is 17.6 Å². The maximum absolute atomic E-state index is 12.4. The van der Waals surface area contributed by atoms with Crippen molar-refractivity contribution in [3.05, 3.63) is 40.6 Å². The molecule has 0 unspecified atom stereocenters. The van der Waals surface area contributed by atoms with Crippen molar-refractivity contribution in [1.82, 2.24) is 10.3 Å². The molecule has 2 aromatic rings. The molecule has 0 saturated heterocycles. The van der Waals surface area contributed by atoms with E-state index in [4.69, 9.17) is 0 Å². The maximum atomic E-state index is 12.4. The number of pyridine rings is 1. The summed E-state index contributed by atoms with van der Waals surface area (Å²) in [5.74, 6) is 0.427. The Kier molecular flexibility index (Phi) is 4.07. The van der Waals surface area contributed by atoms with Crippen molar-refractivity contribution < 1.29 is 4.79 Å². The minimum atomic E-state index is -0.0146. The summed E-state index contributed by atoms with van der Waals surface area (Å²) in [5, 5.41) is 3.93. The molecule has 3 nitrogen and oxygen atoms in total. The highest BCUT2D eigenvalue weighted by Gasteiger charge is 2.13. The van der Waals surface area contributed by atoms with Crippen molar-refractivity contribution in [2.75, 3.05) is 6.54 Å². The van der Waals surface area contributed by atoms with E-state index in [1.165, 1.54) is 0 Å². The molecule has 0 bridgehead atoms. The molecule has 2 rings (SSSR count). The smallest absolute Gasteiger partial charge is 0.252 e. The summed E-state index contributed by atoms with van der Waals surface area (Å²) in [6.45, 7) is 10.9. The van der Waals surface area contributed by atoms with Crippen LogP contribution in [-0.4, -0.2) is 17.4 Å². The Morgan fingerprint density at radius 3 is 2.55 bits per heavy atom. The molecule has 0 radical (unpaired) electrons. The van der Waals surface area contributed by atoms with E-state index >= 15 is 0 Å². The Bertz CT molecular complexity index is 660. The second-order valence-corrected chi connectivity index (χ2v) is 5.89. The first-order chi connectivity index (χ1) is 9.38. The number of rotatable bonds is 3. The predicted octanol–water partition coefficient (Wildman–Crippen LogP) is 3.55. The number of benzene rings is 1. The van der Waals surface area contributed by atoms with E-state index in [0.717, 1.165) is 33.3 Å². The molecule has 0 aliphatic heterocycles. The van der Waals surface area contributed by atoms with E-state index in [0.29, 0.717) is 12.5 Å². The first-order valence-electron chi connectivity index (χ1n) is 7.05. The van der Waals surface area contributed by atoms with Crippen molar-refractivity contribution in [3.63, 3.8) is 0 Å². The number of amides is 1. The summed E-state index contributed by atoms with van der Waals surface area (Å²) in [4.78, 5) is 17.0. The van der Waals surface area contributed by atoms with Crippen molar-refractivity contribution in [2.45, 2.75) is 34.6 Å². The van der Waals surface area contributed by atoms with Crippen LogP contribution in [0.4, 0.5) is 0 Å². The lowest BCUT2D eigenvalue weighted by Crippen LogP contribution is -2.27. The van der Waals surface area contributed by atoms with E-state index in [9.17, 15) is 4.79 Å². The van der Waals surface area contributed by atoms with Gasteiger partial charge >= 0.3 is 0 Å². The van der Waals surface area contributed by atoms with Crippen LogP contribution in [0.3, 0.4) is 0 Å². The highest BCUT2D eigenvalue weighted by atomic mass is 16.1. The van der Waals surface area contributed by atoms with Crippen molar-refractivity contribution in [1.29, 1.82) is 0 Å². The lowest BCUT2D eigenvalue weighted by molar-refractivity contribution is 0.0950. The number of nitrogens with one attached hydrogen (secondary N) is 1. The molecule has 0 saturated carbocycles. The van der Waals surface area contributed by atoms with Gasteiger partial charge in [-0.25, -0.2) is 0 Å². The third-order valence-corrected chi connectivity index (χ3v) is 3.29. The Labute approximate surface area is 120 Å². The van der Waals surface area contributed by atoms with Crippen LogP contribution < -0.4 is 5.32 Å². The van der Waals surface area contributed by atoms with Crippen LogP contribution in [0.5, 0.6) is 0 Å². The number of hydrogen-bond donors (Lipinski definition) is 1. The van der Waals surface area contributed by atoms with Gasteiger partial charge in [-0.15, -0.1) is 0 Å². The molecule has 1 N–H and O–H groups in total. The molecule has 0 spiro atoms. The first-order valence-corrected chi connectivity index (χ1v) is 7.05. The fraction of sp³-hybridized carbons (Fsp3) is 0.412. The summed E-state index contributed by atoms with van der Waals surface area (Å²) in [7, 11) is 0. The quantitative estimate of drug-likeness (QED) is 0.926. The Hall–Kier alpha value is -1.90. The lowest BCUT2D eigenvalue weighted by atomic mass is 10.0. The van der Waals surface area contributed by atoms with Crippen LogP contribution in [-0.2, 0) is 0 Å². The average Bonchev–Trinajstić information content (AvgIpc) is 2.36. The van der Waals surface area contributed by atoms with E-state index in [2.05, 4.69) is 30.2 Å². The van der Waals surface area contributed by atoms with E-state index in [1.807, 2.05) is 32.9 Å². The minimum Gasteiger partial charge on any atom is -0.352 e. The zero-order chi connectivity index (χ0) is 14.9. The molecule has 0 fully saturated rings. The number of carbonyl (C=O) groups excluding carboxylic acids is 1. The number of hydrogen-bond acceptors (Lipinski definition) is 2. The maximum Gasteiger partial charge on any atom is 0.252 e. The Morgan fingerprint density at radius 2 is 1.90 bits per heavy atom. The lowest BCUT2D eigenvalue weighted by Gasteiger charge is -2.12. The van der Waals surface area contributed by atoms with E-state index < -0.39 is 0 Å². The topological polar surface area (TPSA) is 42.0 Å². The van der Waals surface area contributed by atoms with Gasteiger partial charge in [0.1, 0.15) is 0 Å². The number of fused-ring (bicyclic) bond motifs is 1. The zero-order valence-corrected chi connectivity index (χ0v) is 12.9. The van der Waals surface area contributed by atoms with Gasteiger partial charge in [-0.05, 0) is 44.4 Å². The van der Waals surface area contributed by atoms with Gasteiger partial charge in [0.25, 0.3) is 5.91 Å². The molecular weight excluding hydrogens is 248 g/mol. The summed E-state index contributed by atoms with van der Waals surface area (Å²) in [6.07, 6.45) is 0. The second kappa shape index (κ2) is 5.61. The molecular formula is C17H22N2O. The minimum absolute atomic E-state index is 0.0146. The summed E-state index contributed by atoms with van der Waals surface area (Å²) in [5.41, 5.74) is 4.78. The molecule has 1 aromatic carbocycles. The van der Waals surface area contributed by atoms with Crippen LogP contribution in [0.2, 0.25) is 0 Å². The Balaban J connectivity index is 2.54. The monoisotopic (exact) mass is 270 g/mol. The molecule has 3 heteroatoms. The van der Waals surface area contributed by atoms with Crippen molar-refractivity contribution in [3.8, 4) is 0 Å². The van der Waals surface area contributed by atoms with Crippen LogP contribution >= 0.6 is 0 Å². The molecule has 1 amide bonds. The number of carbonyl (C=O) groups is 1. The number of aromatic nitrogens is 1. The average molecular weight is 270 g/mol. The van der Waals surface area contributed by atoms with Gasteiger partial charge in [0.2, 0.25) is 0 Å². The Morgan fingerprint density at radius 1 is 1.20 bits per heavy atom. The van der Waals surface area contributed by atoms with Crippen LogP contribution in [0.15, 0.2) is 18.2 Å². The largest absolute Gasteiger partial charge is 0.352 e. The van der Waals surface area contributed by atoms with Gasteiger partial charge in [-0.1, -0.05) is 25.5 Å². The third-order valence-electron chi connectivity index (χ3n) is 3.29. The fourth-order valence-electron chi connectivity index (χ4n) is 2.39. The first kappa shape index (κ1) is 14.5. The zero-order valence-electron chi connectivity index (χ0n) is 12.9. The highest BCUT2D eigenvalue weighted by molar-refractivity contribution is 6.07. The van der Waals surface area contributed by atoms with Gasteiger partial charge in [0.15, 0.2) is 0 Å². The predicted molar refractivity (Wildman–Crippen MR) is 83.1 cm³/mol. The molecule has 1 aromatic heterocycles. The summed E-state index contributed by atoms with van der Waals surface area (Å²) < 4.78 is 0. The normalized spacial score (nSPS) is 11.1. The van der Waals surface area contributed by atoms with Crippen LogP contribution in [0, 0.1) is 26.7 Å². The molecule has 20 heavy (non-hydrogen) atoms. The number of aryl methyl sites for hydroxylation is 3. The van der Waals surface area contributed by atoms with Crippen LogP contribution in [0.1, 0.15) is 41.0 Å². The molecule has 0 aliphatic rings. The van der Waals surface area contributed by atoms with Crippen LogP contribution in [0.25, 0.3) is 10.9 Å². The third kappa shape index (κ3) is 2.98. The van der Waals surface area contributed by atoms with Crippen molar-refractivity contribution in [2.24, 2.45) is 5.92 Å². The van der Waals surface area contributed by atoms with Gasteiger partial charge < -0.3 is 5.32 Å². The van der Waals surface area contributed by atoms with Gasteiger partial charge in [0.05, 0.1) is 11.1 Å². The standard InChI is InChI=1S/C17H22N2O/c1-10(2)9-18-17(20)15-8-13(5)19-16-12(4)6-11(3)7-14(15)16/h6-8,10H,9H2,1-5H3,(H,18,20). The molecule has 0 aliphatic carbocycles. The van der Waals surface area contributed by atoms with Gasteiger partial charge in [-0.2, -0.15) is 0 Å². The number of nitrogens with zero attached hydrogens (tertiary/aromatic N) is 1. The summed E-state index contributed by atoms with van der Waals surface area (Å²) >= 11 is 0. The van der Waals surface area contributed by atoms with Gasteiger partial charge in [-0.3, -0.25) is 9.78 Å². The SMILES string of the molecule is Cc1cc(C)c2nc(C)cc(C(=O)NCC(C)C)c2c1. The summed E-state index contributed by atoms with van der Waals surface area (Å²) in [6, 6.07) is 6.01.